The first-order valence-electron chi connectivity index (χ1n) is 11.3. The highest BCUT2D eigenvalue weighted by Crippen LogP contribution is 2.42. The first-order chi connectivity index (χ1) is 16.4. The quantitative estimate of drug-likeness (QED) is 0.454. The number of carbonyl (C=O) groups is 1. The molecule has 4 aromatic rings. The monoisotopic (exact) mass is 458 g/mol. The fraction of sp³-hybridized carbons (Fsp3) is 0.269. The molecule has 174 valence electrons. The second-order valence-corrected chi connectivity index (χ2v) is 8.81. The molecule has 1 aliphatic rings. The molecule has 1 unspecified atom stereocenters. The molecule has 34 heavy (non-hydrogen) atoms. The molecule has 0 spiro atoms. The zero-order valence-electron chi connectivity index (χ0n) is 19.5. The molecule has 1 aromatic carbocycles. The number of aromatic nitrogens is 4. The van der Waals surface area contributed by atoms with Crippen molar-refractivity contribution >= 4 is 16.9 Å². The van der Waals surface area contributed by atoms with Gasteiger partial charge in [-0.1, -0.05) is 6.08 Å². The lowest BCUT2D eigenvalue weighted by Crippen LogP contribution is -2.40. The summed E-state index contributed by atoms with van der Waals surface area (Å²) in [6.07, 6.45) is 7.18. The number of likely N-dealkylation sites (N-methyl/N-ethyl adjacent to an activating group) is 1. The second kappa shape index (κ2) is 8.87. The minimum Gasteiger partial charge on any atom is -0.346 e. The van der Waals surface area contributed by atoms with Crippen LogP contribution in [-0.4, -0.2) is 62.6 Å². The number of pyridine rings is 1. The van der Waals surface area contributed by atoms with E-state index < -0.39 is 0 Å². The summed E-state index contributed by atoms with van der Waals surface area (Å²) in [5.74, 6) is -0.307. The number of rotatable bonds is 5. The molecule has 1 aliphatic heterocycles. The highest BCUT2D eigenvalue weighted by molar-refractivity contribution is 5.98. The molecule has 1 atom stereocenters. The number of amides is 1. The number of hydrogen-bond donors (Lipinski definition) is 1. The Bertz CT molecular complexity index is 1370. The number of halogens is 1. The van der Waals surface area contributed by atoms with Gasteiger partial charge in [-0.05, 0) is 63.0 Å². The molecular formula is C26H27FN6O. The average Bonchev–Trinajstić information content (AvgIpc) is 3.44. The average molecular weight is 459 g/mol. The Hall–Kier alpha value is -3.78. The number of nitrogens with one attached hydrogen (secondary N) is 1. The van der Waals surface area contributed by atoms with Crippen molar-refractivity contribution in [1.82, 2.24) is 29.5 Å². The van der Waals surface area contributed by atoms with Gasteiger partial charge in [0.2, 0.25) is 5.91 Å². The number of carbonyl (C=O) groups excluding carboxylic acids is 1. The number of benzene rings is 1. The Balaban J connectivity index is 1.65. The van der Waals surface area contributed by atoms with Crippen molar-refractivity contribution in [3.05, 3.63) is 72.5 Å². The van der Waals surface area contributed by atoms with E-state index in [9.17, 15) is 9.18 Å². The second-order valence-electron chi connectivity index (χ2n) is 8.81. The smallest absolute Gasteiger partial charge is 0.246 e. The lowest BCUT2D eigenvalue weighted by atomic mass is 9.94. The highest BCUT2D eigenvalue weighted by Gasteiger charge is 2.33. The Morgan fingerprint density at radius 2 is 2.00 bits per heavy atom. The summed E-state index contributed by atoms with van der Waals surface area (Å²) in [6, 6.07) is 10.2. The van der Waals surface area contributed by atoms with Crippen LogP contribution in [0.4, 0.5) is 4.39 Å². The maximum Gasteiger partial charge on any atom is 0.246 e. The van der Waals surface area contributed by atoms with Crippen molar-refractivity contribution in [2.24, 2.45) is 0 Å². The van der Waals surface area contributed by atoms with E-state index in [0.717, 1.165) is 39.1 Å². The minimum atomic E-state index is -0.291. The van der Waals surface area contributed by atoms with Gasteiger partial charge in [-0.3, -0.25) is 9.48 Å². The van der Waals surface area contributed by atoms with Crippen LogP contribution in [0, 0.1) is 5.82 Å². The van der Waals surface area contributed by atoms with Gasteiger partial charge in [0, 0.05) is 48.1 Å². The lowest BCUT2D eigenvalue weighted by molar-refractivity contribution is -0.129. The zero-order valence-corrected chi connectivity index (χ0v) is 19.5. The minimum absolute atomic E-state index is 0.0161. The predicted octanol–water partition coefficient (Wildman–Crippen LogP) is 4.25. The van der Waals surface area contributed by atoms with Gasteiger partial charge < -0.3 is 14.8 Å². The van der Waals surface area contributed by atoms with E-state index in [1.807, 2.05) is 59.9 Å². The van der Waals surface area contributed by atoms with Crippen LogP contribution in [-0.2, 0) is 11.3 Å². The maximum atomic E-state index is 13.7. The van der Waals surface area contributed by atoms with Gasteiger partial charge in [0.25, 0.3) is 0 Å². The molecule has 1 N–H and O–H groups in total. The van der Waals surface area contributed by atoms with Gasteiger partial charge in [-0.15, -0.1) is 0 Å². The first-order valence-corrected chi connectivity index (χ1v) is 11.3. The lowest BCUT2D eigenvalue weighted by Gasteiger charge is -2.34. The highest BCUT2D eigenvalue weighted by atomic mass is 19.1. The van der Waals surface area contributed by atoms with Crippen LogP contribution in [0.15, 0.2) is 60.9 Å². The molecule has 0 saturated carbocycles. The SMILES string of the molecule is CC1c2c(-c3ccnc4[nH]ccc34)c(-c3ccc(F)cc3)nn2CCN1C(=O)C=CCN(C)C. The summed E-state index contributed by atoms with van der Waals surface area (Å²) in [6.45, 7) is 3.90. The van der Waals surface area contributed by atoms with E-state index in [4.69, 9.17) is 5.10 Å². The van der Waals surface area contributed by atoms with Crippen LogP contribution >= 0.6 is 0 Å². The fourth-order valence-corrected chi connectivity index (χ4v) is 4.63. The molecule has 4 heterocycles. The number of hydrogen-bond acceptors (Lipinski definition) is 4. The van der Waals surface area contributed by atoms with Crippen LogP contribution in [0.2, 0.25) is 0 Å². The van der Waals surface area contributed by atoms with E-state index in [1.165, 1.54) is 12.1 Å². The molecular weight excluding hydrogens is 431 g/mol. The van der Waals surface area contributed by atoms with Gasteiger partial charge in [0.1, 0.15) is 17.2 Å². The molecule has 0 saturated heterocycles. The van der Waals surface area contributed by atoms with E-state index in [2.05, 4.69) is 9.97 Å². The molecule has 0 aliphatic carbocycles. The third-order valence-electron chi connectivity index (χ3n) is 6.27. The van der Waals surface area contributed by atoms with Crippen molar-refractivity contribution < 1.29 is 9.18 Å². The molecule has 1 amide bonds. The summed E-state index contributed by atoms with van der Waals surface area (Å²) in [5.41, 5.74) is 5.28. The first kappa shape index (κ1) is 22.0. The molecule has 7 nitrogen and oxygen atoms in total. The number of nitrogens with zero attached hydrogens (tertiary/aromatic N) is 5. The largest absolute Gasteiger partial charge is 0.346 e. The Labute approximate surface area is 197 Å². The van der Waals surface area contributed by atoms with Crippen LogP contribution in [0.3, 0.4) is 0 Å². The fourth-order valence-electron chi connectivity index (χ4n) is 4.63. The van der Waals surface area contributed by atoms with Crippen LogP contribution in [0.1, 0.15) is 18.7 Å². The van der Waals surface area contributed by atoms with Crippen molar-refractivity contribution in [2.75, 3.05) is 27.2 Å². The number of H-pyrrole nitrogens is 1. The topological polar surface area (TPSA) is 70.0 Å². The summed E-state index contributed by atoms with van der Waals surface area (Å²) in [7, 11) is 3.94. The Kier molecular flexibility index (Phi) is 5.75. The summed E-state index contributed by atoms with van der Waals surface area (Å²) < 4.78 is 15.7. The number of fused-ring (bicyclic) bond motifs is 2. The molecule has 5 rings (SSSR count). The summed E-state index contributed by atoms with van der Waals surface area (Å²) in [5, 5.41) is 5.92. The molecule has 0 fully saturated rings. The molecule has 8 heteroatoms. The van der Waals surface area contributed by atoms with E-state index in [-0.39, 0.29) is 17.8 Å². The van der Waals surface area contributed by atoms with Crippen molar-refractivity contribution in [1.29, 1.82) is 0 Å². The van der Waals surface area contributed by atoms with Crippen LogP contribution in [0.5, 0.6) is 0 Å². The Morgan fingerprint density at radius 3 is 2.76 bits per heavy atom. The molecule has 0 bridgehead atoms. The van der Waals surface area contributed by atoms with Crippen LogP contribution < -0.4 is 0 Å². The zero-order chi connectivity index (χ0) is 23.8. The third-order valence-corrected chi connectivity index (χ3v) is 6.27. The number of aromatic amines is 1. The normalized spacial score (nSPS) is 16.0. The van der Waals surface area contributed by atoms with Gasteiger partial charge in [-0.2, -0.15) is 5.10 Å². The van der Waals surface area contributed by atoms with Gasteiger partial charge in [0.05, 0.1) is 18.3 Å². The van der Waals surface area contributed by atoms with E-state index in [0.29, 0.717) is 19.6 Å². The van der Waals surface area contributed by atoms with Crippen molar-refractivity contribution in [3.63, 3.8) is 0 Å². The summed E-state index contributed by atoms with van der Waals surface area (Å²) >= 11 is 0. The predicted molar refractivity (Wildman–Crippen MR) is 131 cm³/mol. The van der Waals surface area contributed by atoms with Crippen LogP contribution in [0.25, 0.3) is 33.4 Å². The molecule has 3 aromatic heterocycles. The standard InChI is InChI=1S/C26H27FN6O/c1-17-25-23(20-10-12-28-26-21(20)11-13-29-26)24(18-6-8-19(27)9-7-18)30-33(25)16-15-32(17)22(34)5-4-14-31(2)3/h4-13,17H,14-16H2,1-3H3,(H,28,29). The summed E-state index contributed by atoms with van der Waals surface area (Å²) in [4.78, 5) is 24.6. The maximum absolute atomic E-state index is 13.7. The van der Waals surface area contributed by atoms with Crippen molar-refractivity contribution in [3.8, 4) is 22.4 Å². The van der Waals surface area contributed by atoms with Gasteiger partial charge in [-0.25, -0.2) is 9.37 Å². The van der Waals surface area contributed by atoms with Gasteiger partial charge in [0.15, 0.2) is 0 Å². The Morgan fingerprint density at radius 1 is 1.21 bits per heavy atom. The third kappa shape index (κ3) is 3.90. The van der Waals surface area contributed by atoms with Gasteiger partial charge >= 0.3 is 0 Å². The molecule has 0 radical (unpaired) electrons. The van der Waals surface area contributed by atoms with Crippen molar-refractivity contribution in [2.45, 2.75) is 19.5 Å². The van der Waals surface area contributed by atoms with E-state index >= 15 is 0 Å². The van der Waals surface area contributed by atoms with E-state index in [1.54, 1.807) is 24.4 Å².